The maximum absolute atomic E-state index is 12.9. The van der Waals surface area contributed by atoms with Gasteiger partial charge >= 0.3 is 5.69 Å². The van der Waals surface area contributed by atoms with E-state index < -0.39 is 48.6 Å². The monoisotopic (exact) mass is 276 g/mol. The van der Waals surface area contributed by atoms with Gasteiger partial charge in [0.25, 0.3) is 5.56 Å². The molecule has 4 N–H and O–H groups in total. The summed E-state index contributed by atoms with van der Waals surface area (Å²) in [4.78, 5) is 24.4. The van der Waals surface area contributed by atoms with E-state index in [1.54, 1.807) is 0 Å². The van der Waals surface area contributed by atoms with Crippen LogP contribution in [0.15, 0.2) is 21.9 Å². The first kappa shape index (κ1) is 13.9. The van der Waals surface area contributed by atoms with Gasteiger partial charge in [-0.05, 0) is 0 Å². The second-order valence-corrected chi connectivity index (χ2v) is 4.32. The largest absolute Gasteiger partial charge is 0.393 e. The predicted molar refractivity (Wildman–Crippen MR) is 59.3 cm³/mol. The van der Waals surface area contributed by atoms with Crippen LogP contribution in [-0.4, -0.2) is 56.0 Å². The Morgan fingerprint density at radius 1 is 1.47 bits per heavy atom. The van der Waals surface area contributed by atoms with Crippen LogP contribution >= 0.6 is 0 Å². The van der Waals surface area contributed by atoms with Gasteiger partial charge in [-0.25, -0.2) is 9.18 Å². The van der Waals surface area contributed by atoms with Gasteiger partial charge in [0.2, 0.25) is 0 Å². The minimum absolute atomic E-state index is 0.645. The van der Waals surface area contributed by atoms with E-state index in [4.69, 9.17) is 9.84 Å². The van der Waals surface area contributed by atoms with Gasteiger partial charge in [0.15, 0.2) is 11.8 Å². The van der Waals surface area contributed by atoms with Crippen LogP contribution in [0, 0.1) is 0 Å². The van der Waals surface area contributed by atoms with Crippen LogP contribution in [0.2, 0.25) is 0 Å². The van der Waals surface area contributed by atoms with Crippen molar-refractivity contribution in [3.8, 4) is 0 Å². The van der Waals surface area contributed by atoms with Crippen molar-refractivity contribution in [1.82, 2.24) is 9.55 Å². The number of hydrogen-bond acceptors (Lipinski definition) is 6. The van der Waals surface area contributed by atoms with E-state index in [0.29, 0.717) is 0 Å². The van der Waals surface area contributed by atoms with E-state index in [0.717, 1.165) is 16.8 Å². The molecular formula is C10H13FN2O6. The van der Waals surface area contributed by atoms with E-state index in [9.17, 15) is 24.2 Å². The zero-order valence-corrected chi connectivity index (χ0v) is 9.69. The lowest BCUT2D eigenvalue weighted by Crippen LogP contribution is -2.48. The van der Waals surface area contributed by atoms with Crippen LogP contribution in [0.1, 0.15) is 6.23 Å². The van der Waals surface area contributed by atoms with Gasteiger partial charge in [0.1, 0.15) is 18.9 Å². The molecule has 0 aromatic carbocycles. The highest BCUT2D eigenvalue weighted by Crippen LogP contribution is 2.36. The van der Waals surface area contributed by atoms with Gasteiger partial charge in [-0.1, -0.05) is 0 Å². The molecular weight excluding hydrogens is 263 g/mol. The fourth-order valence-corrected chi connectivity index (χ4v) is 1.98. The summed E-state index contributed by atoms with van der Waals surface area (Å²) in [6.07, 6.45) is -3.67. The number of nitrogens with one attached hydrogen (secondary N) is 1. The fraction of sp³-hybridized carbons (Fsp3) is 0.600. The molecule has 2 heterocycles. The van der Waals surface area contributed by atoms with Crippen LogP contribution in [-0.2, 0) is 4.74 Å². The molecule has 0 bridgehead atoms. The molecule has 4 atom stereocenters. The van der Waals surface area contributed by atoms with Gasteiger partial charge < -0.3 is 20.1 Å². The number of alkyl halides is 1. The number of rotatable bonds is 3. The molecule has 0 radical (unpaired) electrons. The maximum atomic E-state index is 12.9. The summed E-state index contributed by atoms with van der Waals surface area (Å²) >= 11 is 0. The number of halogens is 1. The Kier molecular flexibility index (Phi) is 3.54. The van der Waals surface area contributed by atoms with Crippen molar-refractivity contribution in [2.45, 2.75) is 24.0 Å². The standard InChI is InChI=1S/C10H13FN2O6/c11-3-10(4-14)7(17)6(16)8(19-10)13-2-1-5(15)12-9(13)18/h1-2,6-8,14,16-17H,3-4H2,(H,12,15,18)/t6-,7-,8+,10+/m0/s1. The first-order chi connectivity index (χ1) is 8.95. The number of aliphatic hydroxyl groups is 3. The maximum Gasteiger partial charge on any atom is 0.330 e. The van der Waals surface area contributed by atoms with Crippen molar-refractivity contribution in [3.05, 3.63) is 33.1 Å². The van der Waals surface area contributed by atoms with Crippen molar-refractivity contribution in [2.24, 2.45) is 0 Å². The Morgan fingerprint density at radius 2 is 2.16 bits per heavy atom. The minimum atomic E-state index is -1.99. The minimum Gasteiger partial charge on any atom is -0.393 e. The van der Waals surface area contributed by atoms with Gasteiger partial charge in [0.05, 0.1) is 6.61 Å². The third-order valence-corrected chi connectivity index (χ3v) is 3.13. The summed E-state index contributed by atoms with van der Waals surface area (Å²) in [6, 6.07) is 1.01. The van der Waals surface area contributed by atoms with E-state index in [2.05, 4.69) is 0 Å². The molecule has 0 aliphatic carbocycles. The quantitative estimate of drug-likeness (QED) is 0.483. The normalized spacial score (nSPS) is 34.6. The van der Waals surface area contributed by atoms with Gasteiger partial charge in [-0.3, -0.25) is 14.3 Å². The molecule has 0 amide bonds. The van der Waals surface area contributed by atoms with Crippen LogP contribution in [0.5, 0.6) is 0 Å². The zero-order chi connectivity index (χ0) is 14.2. The lowest BCUT2D eigenvalue weighted by molar-refractivity contribution is -0.138. The van der Waals surface area contributed by atoms with E-state index in [1.807, 2.05) is 4.98 Å². The molecule has 0 spiro atoms. The third kappa shape index (κ3) is 2.10. The number of aliphatic hydroxyl groups excluding tert-OH is 3. The fourth-order valence-electron chi connectivity index (χ4n) is 1.98. The van der Waals surface area contributed by atoms with Crippen molar-refractivity contribution in [1.29, 1.82) is 0 Å². The molecule has 1 saturated heterocycles. The molecule has 1 fully saturated rings. The van der Waals surface area contributed by atoms with Crippen LogP contribution in [0.25, 0.3) is 0 Å². The van der Waals surface area contributed by atoms with Crippen molar-refractivity contribution in [3.63, 3.8) is 0 Å². The van der Waals surface area contributed by atoms with Gasteiger partial charge in [-0.15, -0.1) is 0 Å². The number of aromatic amines is 1. The third-order valence-electron chi connectivity index (χ3n) is 3.13. The topological polar surface area (TPSA) is 125 Å². The smallest absolute Gasteiger partial charge is 0.330 e. The lowest BCUT2D eigenvalue weighted by atomic mass is 9.98. The molecule has 2 rings (SSSR count). The molecule has 8 nitrogen and oxygen atoms in total. The predicted octanol–water partition coefficient (Wildman–Crippen LogP) is -2.51. The number of H-pyrrole nitrogens is 1. The second-order valence-electron chi connectivity index (χ2n) is 4.32. The summed E-state index contributed by atoms with van der Waals surface area (Å²) in [7, 11) is 0. The molecule has 9 heteroatoms. The van der Waals surface area contributed by atoms with E-state index >= 15 is 0 Å². The Bertz CT molecular complexity index is 566. The lowest BCUT2D eigenvalue weighted by Gasteiger charge is -2.26. The van der Waals surface area contributed by atoms with Crippen molar-refractivity contribution in [2.75, 3.05) is 13.3 Å². The van der Waals surface area contributed by atoms with Crippen LogP contribution in [0.4, 0.5) is 4.39 Å². The first-order valence-electron chi connectivity index (χ1n) is 5.47. The van der Waals surface area contributed by atoms with E-state index in [1.165, 1.54) is 0 Å². The molecule has 1 aromatic heterocycles. The summed E-state index contributed by atoms with van der Waals surface area (Å²) in [6.45, 7) is -2.10. The molecule has 1 aliphatic rings. The van der Waals surface area contributed by atoms with Crippen LogP contribution < -0.4 is 11.2 Å². The highest BCUT2D eigenvalue weighted by atomic mass is 19.1. The summed E-state index contributed by atoms with van der Waals surface area (Å²) in [5, 5.41) is 28.6. The molecule has 19 heavy (non-hydrogen) atoms. The molecule has 106 valence electrons. The number of aromatic nitrogens is 2. The molecule has 0 unspecified atom stereocenters. The number of nitrogens with zero attached hydrogens (tertiary/aromatic N) is 1. The first-order valence-corrected chi connectivity index (χ1v) is 5.47. The molecule has 0 saturated carbocycles. The van der Waals surface area contributed by atoms with Crippen molar-refractivity contribution < 1.29 is 24.4 Å². The highest BCUT2D eigenvalue weighted by Gasteiger charge is 2.55. The average Bonchev–Trinajstić information content (AvgIpc) is 2.64. The SMILES string of the molecule is O=c1ccn([C@@H]2O[C@@](CO)(CF)[C@@H](O)[C@@H]2O)c(=O)[nH]1. The second kappa shape index (κ2) is 4.85. The van der Waals surface area contributed by atoms with Gasteiger partial charge in [-0.2, -0.15) is 0 Å². The summed E-state index contributed by atoms with van der Waals surface area (Å²) < 4.78 is 18.8. The summed E-state index contributed by atoms with van der Waals surface area (Å²) in [5.41, 5.74) is -3.51. The summed E-state index contributed by atoms with van der Waals surface area (Å²) in [5.74, 6) is 0. The Balaban J connectivity index is 2.42. The molecule has 1 aromatic rings. The average molecular weight is 276 g/mol. The Morgan fingerprint density at radius 3 is 2.63 bits per heavy atom. The Labute approximate surface area is 105 Å². The van der Waals surface area contributed by atoms with Crippen LogP contribution in [0.3, 0.4) is 0 Å². The Hall–Kier alpha value is -1.55. The number of ether oxygens (including phenoxy) is 1. The highest BCUT2D eigenvalue weighted by molar-refractivity contribution is 5.01. The number of hydrogen-bond donors (Lipinski definition) is 4. The zero-order valence-electron chi connectivity index (χ0n) is 9.69. The molecule has 1 aliphatic heterocycles. The van der Waals surface area contributed by atoms with E-state index in [-0.39, 0.29) is 0 Å². The van der Waals surface area contributed by atoms with Crippen molar-refractivity contribution >= 4 is 0 Å². The van der Waals surface area contributed by atoms with Gasteiger partial charge in [0, 0.05) is 12.3 Å².